The lowest BCUT2D eigenvalue weighted by molar-refractivity contribution is -0.174. The van der Waals surface area contributed by atoms with Gasteiger partial charge in [-0.2, -0.15) is 13.2 Å². The molecule has 0 spiro atoms. The molecule has 124 valence electrons. The summed E-state index contributed by atoms with van der Waals surface area (Å²) in [5, 5.41) is 2.78. The molecule has 0 aromatic heterocycles. The maximum absolute atomic E-state index is 11.9. The summed E-state index contributed by atoms with van der Waals surface area (Å²) in [7, 11) is 0. The van der Waals surface area contributed by atoms with Gasteiger partial charge in [0.05, 0.1) is 5.92 Å². The quantitative estimate of drug-likeness (QED) is 0.649. The fourth-order valence-corrected chi connectivity index (χ4v) is 2.39. The summed E-state index contributed by atoms with van der Waals surface area (Å²) < 4.78 is 40.2. The first-order valence-electron chi connectivity index (χ1n) is 7.27. The lowest BCUT2D eigenvalue weighted by Gasteiger charge is -2.31. The number of carbonyl (C=O) groups is 1. The van der Waals surface area contributed by atoms with E-state index in [4.69, 9.17) is 5.73 Å². The monoisotopic (exact) mass is 311 g/mol. The number of nitrogens with one attached hydrogen (secondary N) is 1. The van der Waals surface area contributed by atoms with Crippen LogP contribution in [0.3, 0.4) is 0 Å². The molecular weight excluding hydrogens is 287 g/mol. The number of hydrogen-bond acceptors (Lipinski definition) is 4. The first-order chi connectivity index (χ1) is 9.92. The van der Waals surface area contributed by atoms with E-state index in [9.17, 15) is 18.0 Å². The van der Waals surface area contributed by atoms with E-state index in [1.165, 1.54) is 0 Å². The second-order valence-corrected chi connectivity index (χ2v) is 5.24. The molecule has 1 aliphatic rings. The zero-order valence-corrected chi connectivity index (χ0v) is 12.1. The largest absolute Gasteiger partial charge is 0.411 e. The third-order valence-corrected chi connectivity index (χ3v) is 3.35. The van der Waals surface area contributed by atoms with E-state index in [0.717, 1.165) is 19.4 Å². The number of nitrogens with zero attached hydrogens (tertiary/aromatic N) is 1. The van der Waals surface area contributed by atoms with Gasteiger partial charge < -0.3 is 20.7 Å². The predicted octanol–water partition coefficient (Wildman–Crippen LogP) is 0.742. The van der Waals surface area contributed by atoms with Gasteiger partial charge in [0, 0.05) is 32.8 Å². The Morgan fingerprint density at radius 1 is 1.43 bits per heavy atom. The van der Waals surface area contributed by atoms with Crippen molar-refractivity contribution in [2.75, 3.05) is 45.9 Å². The SMILES string of the molecule is NCCNC(=O)C1CCCN(CCCOCC(F)(F)F)C1. The minimum Gasteiger partial charge on any atom is -0.372 e. The van der Waals surface area contributed by atoms with Crippen LogP contribution in [0.1, 0.15) is 19.3 Å². The highest BCUT2D eigenvalue weighted by Gasteiger charge is 2.27. The minimum absolute atomic E-state index is 0.0125. The van der Waals surface area contributed by atoms with Crippen LogP contribution in [0.4, 0.5) is 13.2 Å². The summed E-state index contributed by atoms with van der Waals surface area (Å²) in [6.45, 7) is 1.95. The van der Waals surface area contributed by atoms with E-state index in [0.29, 0.717) is 32.6 Å². The topological polar surface area (TPSA) is 67.6 Å². The van der Waals surface area contributed by atoms with Gasteiger partial charge in [0.2, 0.25) is 5.91 Å². The first kappa shape index (κ1) is 18.2. The maximum atomic E-state index is 11.9. The van der Waals surface area contributed by atoms with Crippen LogP contribution in [0, 0.1) is 5.92 Å². The molecule has 8 heteroatoms. The highest BCUT2D eigenvalue weighted by atomic mass is 19.4. The highest BCUT2D eigenvalue weighted by molar-refractivity contribution is 5.78. The number of halogens is 3. The normalized spacial score (nSPS) is 20.5. The van der Waals surface area contributed by atoms with Gasteiger partial charge in [-0.1, -0.05) is 0 Å². The van der Waals surface area contributed by atoms with Crippen molar-refractivity contribution in [3.8, 4) is 0 Å². The highest BCUT2D eigenvalue weighted by Crippen LogP contribution is 2.17. The molecule has 0 aliphatic carbocycles. The van der Waals surface area contributed by atoms with Crippen LogP contribution in [-0.2, 0) is 9.53 Å². The van der Waals surface area contributed by atoms with Gasteiger partial charge in [0.25, 0.3) is 0 Å². The Hall–Kier alpha value is -0.860. The lowest BCUT2D eigenvalue weighted by Crippen LogP contribution is -2.44. The Labute approximate surface area is 123 Å². The average molecular weight is 311 g/mol. The Morgan fingerprint density at radius 2 is 2.19 bits per heavy atom. The van der Waals surface area contributed by atoms with Gasteiger partial charge in [0.1, 0.15) is 6.61 Å². The van der Waals surface area contributed by atoms with E-state index in [-0.39, 0.29) is 18.4 Å². The Balaban J connectivity index is 2.16. The number of hydrogen-bond donors (Lipinski definition) is 2. The molecule has 0 aromatic rings. The second-order valence-electron chi connectivity index (χ2n) is 5.24. The van der Waals surface area contributed by atoms with Crippen LogP contribution < -0.4 is 11.1 Å². The van der Waals surface area contributed by atoms with Crippen LogP contribution in [0.2, 0.25) is 0 Å². The molecule has 1 saturated heterocycles. The second kappa shape index (κ2) is 9.22. The van der Waals surface area contributed by atoms with Crippen molar-refractivity contribution in [3.05, 3.63) is 0 Å². The van der Waals surface area contributed by atoms with E-state index < -0.39 is 12.8 Å². The summed E-state index contributed by atoms with van der Waals surface area (Å²) in [4.78, 5) is 14.0. The van der Waals surface area contributed by atoms with Gasteiger partial charge in [-0.15, -0.1) is 0 Å². The smallest absolute Gasteiger partial charge is 0.372 e. The summed E-state index contributed by atoms with van der Waals surface area (Å²) in [5.41, 5.74) is 5.34. The van der Waals surface area contributed by atoms with Gasteiger partial charge in [-0.25, -0.2) is 0 Å². The molecule has 5 nitrogen and oxygen atoms in total. The van der Waals surface area contributed by atoms with Crippen molar-refractivity contribution in [1.29, 1.82) is 0 Å². The molecule has 3 N–H and O–H groups in total. The van der Waals surface area contributed by atoms with Gasteiger partial charge in [-0.3, -0.25) is 4.79 Å². The fourth-order valence-electron chi connectivity index (χ4n) is 2.39. The zero-order chi connectivity index (χ0) is 15.7. The van der Waals surface area contributed by atoms with Crippen molar-refractivity contribution in [2.45, 2.75) is 25.4 Å². The van der Waals surface area contributed by atoms with Crippen molar-refractivity contribution < 1.29 is 22.7 Å². The minimum atomic E-state index is -4.27. The van der Waals surface area contributed by atoms with Crippen LogP contribution in [0.15, 0.2) is 0 Å². The van der Waals surface area contributed by atoms with Crippen LogP contribution in [0.25, 0.3) is 0 Å². The molecule has 0 aromatic carbocycles. The number of amides is 1. The fraction of sp³-hybridized carbons (Fsp3) is 0.923. The van der Waals surface area contributed by atoms with Crippen molar-refractivity contribution in [1.82, 2.24) is 10.2 Å². The molecule has 1 amide bonds. The molecular formula is C13H24F3N3O2. The van der Waals surface area contributed by atoms with E-state index in [1.54, 1.807) is 0 Å². The van der Waals surface area contributed by atoms with Crippen molar-refractivity contribution >= 4 is 5.91 Å². The molecule has 21 heavy (non-hydrogen) atoms. The third kappa shape index (κ3) is 8.23. The molecule has 0 saturated carbocycles. The third-order valence-electron chi connectivity index (χ3n) is 3.35. The van der Waals surface area contributed by atoms with Gasteiger partial charge in [0.15, 0.2) is 0 Å². The van der Waals surface area contributed by atoms with Crippen LogP contribution in [-0.4, -0.2) is 62.9 Å². The van der Waals surface area contributed by atoms with Crippen LogP contribution in [0.5, 0.6) is 0 Å². The van der Waals surface area contributed by atoms with E-state index in [1.807, 2.05) is 0 Å². The van der Waals surface area contributed by atoms with Crippen LogP contribution >= 0.6 is 0 Å². The maximum Gasteiger partial charge on any atom is 0.411 e. The number of nitrogens with two attached hydrogens (primary N) is 1. The number of alkyl halides is 3. The summed E-state index contributed by atoms with van der Waals surface area (Å²) in [5.74, 6) is -0.0418. The molecule has 1 aliphatic heterocycles. The number of rotatable bonds is 8. The molecule has 1 fully saturated rings. The summed E-state index contributed by atoms with van der Waals surface area (Å²) >= 11 is 0. The summed E-state index contributed by atoms with van der Waals surface area (Å²) in [6.07, 6.45) is -1.97. The average Bonchev–Trinajstić information content (AvgIpc) is 2.43. The van der Waals surface area contributed by atoms with Gasteiger partial charge in [-0.05, 0) is 25.8 Å². The molecule has 1 heterocycles. The molecule has 1 unspecified atom stereocenters. The first-order valence-corrected chi connectivity index (χ1v) is 7.27. The number of ether oxygens (including phenoxy) is 1. The lowest BCUT2D eigenvalue weighted by atomic mass is 9.97. The van der Waals surface area contributed by atoms with E-state index in [2.05, 4.69) is 15.0 Å². The molecule has 1 rings (SSSR count). The van der Waals surface area contributed by atoms with Crippen molar-refractivity contribution in [2.24, 2.45) is 11.7 Å². The number of carbonyl (C=O) groups excluding carboxylic acids is 1. The number of likely N-dealkylation sites (tertiary alicyclic amines) is 1. The Morgan fingerprint density at radius 3 is 2.86 bits per heavy atom. The molecule has 0 bridgehead atoms. The van der Waals surface area contributed by atoms with Crippen molar-refractivity contribution in [3.63, 3.8) is 0 Å². The summed E-state index contributed by atoms with van der Waals surface area (Å²) in [6, 6.07) is 0. The zero-order valence-electron chi connectivity index (χ0n) is 12.1. The molecule has 1 atom stereocenters. The Kier molecular flexibility index (Phi) is 7.98. The standard InChI is InChI=1S/C13H24F3N3O2/c14-13(15,16)10-21-8-2-7-19-6-1-3-11(9-19)12(20)18-5-4-17/h11H,1-10,17H2,(H,18,20). The predicted molar refractivity (Wildman–Crippen MR) is 72.7 cm³/mol. The molecule has 0 radical (unpaired) electrons. The Bertz CT molecular complexity index is 314. The van der Waals surface area contributed by atoms with Gasteiger partial charge >= 0.3 is 6.18 Å². The van der Waals surface area contributed by atoms with E-state index >= 15 is 0 Å². The number of piperidine rings is 1.